The number of benzene rings is 1. The number of hydrogen-bond acceptors (Lipinski definition) is 6. The Kier molecular flexibility index (Phi) is 4.38. The van der Waals surface area contributed by atoms with Crippen LogP contribution in [0.1, 0.15) is 17.3 Å². The molecule has 3 aromatic heterocycles. The van der Waals surface area contributed by atoms with Crippen LogP contribution in [0.3, 0.4) is 0 Å². The molecule has 0 radical (unpaired) electrons. The number of fused-ring (bicyclic) bond motifs is 1. The molecule has 4 rings (SSSR count). The van der Waals surface area contributed by atoms with Crippen molar-refractivity contribution in [2.75, 3.05) is 7.11 Å². The molecule has 0 atom stereocenters. The van der Waals surface area contributed by atoms with Crippen LogP contribution >= 0.6 is 11.3 Å². The molecule has 132 valence electrons. The SMILES string of the molecule is COc1cccc2nc(CCc3nc(-c4cncs4)cn3C)nc(C)c12. The smallest absolute Gasteiger partial charge is 0.130 e. The summed E-state index contributed by atoms with van der Waals surface area (Å²) in [5.41, 5.74) is 4.64. The highest BCUT2D eigenvalue weighted by Gasteiger charge is 2.12. The number of hydrogen-bond donors (Lipinski definition) is 0. The summed E-state index contributed by atoms with van der Waals surface area (Å²) < 4.78 is 7.50. The summed E-state index contributed by atoms with van der Waals surface area (Å²) in [4.78, 5) is 19.3. The summed E-state index contributed by atoms with van der Waals surface area (Å²) in [6, 6.07) is 5.89. The second-order valence-electron chi connectivity index (χ2n) is 6.10. The Labute approximate surface area is 155 Å². The van der Waals surface area contributed by atoms with Crippen molar-refractivity contribution in [2.45, 2.75) is 19.8 Å². The third-order valence-corrected chi connectivity index (χ3v) is 5.16. The molecule has 0 unspecified atom stereocenters. The minimum atomic E-state index is 0.737. The first-order valence-electron chi connectivity index (χ1n) is 8.37. The quantitative estimate of drug-likeness (QED) is 0.541. The zero-order chi connectivity index (χ0) is 18.1. The van der Waals surface area contributed by atoms with E-state index in [0.29, 0.717) is 0 Å². The number of nitrogens with zero attached hydrogens (tertiary/aromatic N) is 5. The van der Waals surface area contributed by atoms with Crippen molar-refractivity contribution >= 4 is 22.2 Å². The van der Waals surface area contributed by atoms with Crippen molar-refractivity contribution < 1.29 is 4.74 Å². The Balaban J connectivity index is 1.59. The average Bonchev–Trinajstić information content (AvgIpc) is 3.29. The van der Waals surface area contributed by atoms with Crippen LogP contribution in [0, 0.1) is 6.92 Å². The first kappa shape index (κ1) is 16.7. The highest BCUT2D eigenvalue weighted by molar-refractivity contribution is 7.13. The van der Waals surface area contributed by atoms with Crippen molar-refractivity contribution in [1.82, 2.24) is 24.5 Å². The summed E-state index contributed by atoms with van der Waals surface area (Å²) >= 11 is 1.60. The lowest BCUT2D eigenvalue weighted by atomic mass is 10.1. The summed E-state index contributed by atoms with van der Waals surface area (Å²) in [7, 11) is 3.69. The lowest BCUT2D eigenvalue weighted by Crippen LogP contribution is -2.05. The summed E-state index contributed by atoms with van der Waals surface area (Å²) in [6.07, 6.45) is 5.41. The highest BCUT2D eigenvalue weighted by atomic mass is 32.1. The molecule has 6 nitrogen and oxygen atoms in total. The van der Waals surface area contributed by atoms with Crippen LogP contribution in [0.2, 0.25) is 0 Å². The van der Waals surface area contributed by atoms with Crippen molar-refractivity contribution in [2.24, 2.45) is 7.05 Å². The van der Waals surface area contributed by atoms with Crippen LogP contribution in [-0.4, -0.2) is 31.6 Å². The number of methoxy groups -OCH3 is 1. The number of aryl methyl sites for hydroxylation is 4. The fourth-order valence-corrected chi connectivity index (χ4v) is 3.67. The van der Waals surface area contributed by atoms with Gasteiger partial charge < -0.3 is 9.30 Å². The van der Waals surface area contributed by atoms with Gasteiger partial charge >= 0.3 is 0 Å². The van der Waals surface area contributed by atoms with E-state index in [9.17, 15) is 0 Å². The van der Waals surface area contributed by atoms with Crippen LogP contribution in [0.5, 0.6) is 5.75 Å². The first-order valence-corrected chi connectivity index (χ1v) is 9.25. The van der Waals surface area contributed by atoms with Crippen molar-refractivity contribution in [3.8, 4) is 16.3 Å². The van der Waals surface area contributed by atoms with E-state index in [4.69, 9.17) is 14.7 Å². The predicted molar refractivity (Wildman–Crippen MR) is 103 cm³/mol. The summed E-state index contributed by atoms with van der Waals surface area (Å²) in [5, 5.41) is 0.975. The standard InChI is InChI=1S/C19H19N5OS/c1-12-19-13(5-4-6-15(19)25-3)22-17(21-12)7-8-18-23-14(10-24(18)2)16-9-20-11-26-16/h4-6,9-11H,7-8H2,1-3H3. The third kappa shape index (κ3) is 3.06. The van der Waals surface area contributed by atoms with E-state index in [1.54, 1.807) is 18.4 Å². The van der Waals surface area contributed by atoms with Crippen LogP contribution in [0.25, 0.3) is 21.5 Å². The van der Waals surface area contributed by atoms with Gasteiger partial charge in [0.15, 0.2) is 0 Å². The molecule has 0 fully saturated rings. The van der Waals surface area contributed by atoms with E-state index in [1.807, 2.05) is 50.1 Å². The van der Waals surface area contributed by atoms with E-state index in [2.05, 4.69) is 14.5 Å². The molecule has 0 aliphatic heterocycles. The fourth-order valence-electron chi connectivity index (χ4n) is 3.09. The van der Waals surface area contributed by atoms with Gasteiger partial charge in [-0.05, 0) is 19.1 Å². The minimum Gasteiger partial charge on any atom is -0.496 e. The largest absolute Gasteiger partial charge is 0.496 e. The first-order chi connectivity index (χ1) is 12.7. The molecule has 1 aromatic carbocycles. The predicted octanol–water partition coefficient (Wildman–Crippen LogP) is 3.59. The maximum Gasteiger partial charge on any atom is 0.130 e. The molecule has 0 saturated carbocycles. The van der Waals surface area contributed by atoms with Gasteiger partial charge in [-0.3, -0.25) is 4.98 Å². The number of rotatable bonds is 5. The zero-order valence-corrected chi connectivity index (χ0v) is 15.7. The number of aromatic nitrogens is 5. The van der Waals surface area contributed by atoms with Gasteiger partial charge in [0.1, 0.15) is 23.1 Å². The van der Waals surface area contributed by atoms with Crippen molar-refractivity contribution in [1.29, 1.82) is 0 Å². The second kappa shape index (κ2) is 6.84. The number of ether oxygens (including phenoxy) is 1. The maximum atomic E-state index is 5.43. The molecule has 0 N–H and O–H groups in total. The topological polar surface area (TPSA) is 65.7 Å². The van der Waals surface area contributed by atoms with Gasteiger partial charge in [0.25, 0.3) is 0 Å². The van der Waals surface area contributed by atoms with Gasteiger partial charge in [-0.25, -0.2) is 15.0 Å². The van der Waals surface area contributed by atoms with Gasteiger partial charge in [-0.1, -0.05) is 6.07 Å². The van der Waals surface area contributed by atoms with Gasteiger partial charge in [0, 0.05) is 32.3 Å². The van der Waals surface area contributed by atoms with Gasteiger partial charge in [-0.15, -0.1) is 11.3 Å². The van der Waals surface area contributed by atoms with Gasteiger partial charge in [0.05, 0.1) is 34.1 Å². The van der Waals surface area contributed by atoms with Gasteiger partial charge in [-0.2, -0.15) is 0 Å². The normalized spacial score (nSPS) is 11.2. The molecule has 7 heteroatoms. The van der Waals surface area contributed by atoms with E-state index in [1.165, 1.54) is 0 Å². The van der Waals surface area contributed by atoms with E-state index < -0.39 is 0 Å². The van der Waals surface area contributed by atoms with E-state index in [-0.39, 0.29) is 0 Å². The molecule has 3 heterocycles. The monoisotopic (exact) mass is 365 g/mol. The number of thiazole rings is 1. The Morgan fingerprint density at radius 2 is 2.04 bits per heavy atom. The van der Waals surface area contributed by atoms with Gasteiger partial charge in [0.2, 0.25) is 0 Å². The molecule has 0 saturated heterocycles. The molecule has 4 aromatic rings. The number of imidazole rings is 1. The van der Waals surface area contributed by atoms with Crippen molar-refractivity contribution in [3.63, 3.8) is 0 Å². The summed E-state index contributed by atoms with van der Waals surface area (Å²) in [5.74, 6) is 2.65. The average molecular weight is 365 g/mol. The maximum absolute atomic E-state index is 5.43. The third-order valence-electron chi connectivity index (χ3n) is 4.36. The van der Waals surface area contributed by atoms with E-state index >= 15 is 0 Å². The van der Waals surface area contributed by atoms with Crippen LogP contribution in [-0.2, 0) is 19.9 Å². The molecule has 0 bridgehead atoms. The Morgan fingerprint density at radius 1 is 1.15 bits per heavy atom. The van der Waals surface area contributed by atoms with Crippen molar-refractivity contribution in [3.05, 3.63) is 53.4 Å². The minimum absolute atomic E-state index is 0.737. The highest BCUT2D eigenvalue weighted by Crippen LogP contribution is 2.27. The fraction of sp³-hybridized carbons (Fsp3) is 0.263. The van der Waals surface area contributed by atoms with Crippen LogP contribution < -0.4 is 4.74 Å². The van der Waals surface area contributed by atoms with E-state index in [0.717, 1.165) is 57.4 Å². The van der Waals surface area contributed by atoms with Crippen LogP contribution in [0.4, 0.5) is 0 Å². The molecule has 0 spiro atoms. The zero-order valence-electron chi connectivity index (χ0n) is 14.9. The second-order valence-corrected chi connectivity index (χ2v) is 6.98. The Morgan fingerprint density at radius 3 is 2.81 bits per heavy atom. The van der Waals surface area contributed by atoms with Crippen LogP contribution in [0.15, 0.2) is 36.1 Å². The lowest BCUT2D eigenvalue weighted by molar-refractivity contribution is 0.419. The lowest BCUT2D eigenvalue weighted by Gasteiger charge is -2.09. The molecular formula is C19H19N5OS. The summed E-state index contributed by atoms with van der Waals surface area (Å²) in [6.45, 7) is 2.00. The molecule has 0 amide bonds. The molecule has 0 aliphatic rings. The molecule has 26 heavy (non-hydrogen) atoms. The molecular weight excluding hydrogens is 346 g/mol. The molecule has 0 aliphatic carbocycles. The Bertz CT molecular complexity index is 1060. The Hall–Kier alpha value is -2.80.